The molecule has 0 aromatic heterocycles. The second kappa shape index (κ2) is 116. The van der Waals surface area contributed by atoms with E-state index in [9.17, 15) is 38.4 Å². The Bertz CT molecular complexity index is 2260. The van der Waals surface area contributed by atoms with Gasteiger partial charge in [-0.15, -0.1) is 0 Å². The molecule has 0 aliphatic carbocycles. The summed E-state index contributed by atoms with van der Waals surface area (Å²) in [7, 11) is 0. The third-order valence-electron chi connectivity index (χ3n) is 27.7. The van der Waals surface area contributed by atoms with Crippen molar-refractivity contribution in [3.05, 3.63) is 48.6 Å². The highest BCUT2D eigenvalue weighted by Crippen LogP contribution is 2.26. The lowest BCUT2D eigenvalue weighted by molar-refractivity contribution is -0.118. The van der Waals surface area contributed by atoms with Gasteiger partial charge in [0.25, 0.3) is 0 Å². The van der Waals surface area contributed by atoms with Crippen LogP contribution in [0, 0.1) is 71.0 Å². The van der Waals surface area contributed by atoms with Crippen LogP contribution in [-0.4, -0.2) is 46.3 Å². The van der Waals surface area contributed by atoms with Crippen LogP contribution in [0.25, 0.3) is 0 Å². The maximum atomic E-state index is 10.8. The number of allylic oxidation sites excluding steroid dienone is 8. The first-order valence-electron chi connectivity index (χ1n) is 57.5. The van der Waals surface area contributed by atoms with Gasteiger partial charge < -0.3 is 38.4 Å². The van der Waals surface area contributed by atoms with Crippen LogP contribution in [0.2, 0.25) is 0 Å². The predicted molar refractivity (Wildman–Crippen MR) is 591 cm³/mol. The van der Waals surface area contributed by atoms with Gasteiger partial charge in [0.05, 0.1) is 0 Å². The Morgan fingerprint density at radius 3 is 0.485 bits per heavy atom. The zero-order chi connectivity index (χ0) is 101. The van der Waals surface area contributed by atoms with Crippen molar-refractivity contribution in [2.45, 2.75) is 630 Å². The maximum Gasteiger partial charge on any atom is 0.129 e. The van der Waals surface area contributed by atoms with Crippen LogP contribution in [0.15, 0.2) is 48.6 Å². The van der Waals surface area contributed by atoms with Crippen LogP contribution in [0.5, 0.6) is 0 Å². The van der Waals surface area contributed by atoms with Crippen molar-refractivity contribution in [2.24, 2.45) is 71.0 Å². The van der Waals surface area contributed by atoms with E-state index in [2.05, 4.69) is 187 Å². The van der Waals surface area contributed by atoms with Gasteiger partial charge in [0, 0.05) is 51.4 Å². The van der Waals surface area contributed by atoms with Gasteiger partial charge in [-0.1, -0.05) is 418 Å². The minimum atomic E-state index is 0.331. The van der Waals surface area contributed by atoms with E-state index >= 15 is 0 Å². The highest BCUT2D eigenvalue weighted by Gasteiger charge is 2.14. The second-order valence-corrected chi connectivity index (χ2v) is 42.8. The van der Waals surface area contributed by atoms with E-state index in [1.54, 1.807) is 55.4 Å². The molecule has 0 aliphatic rings. The van der Waals surface area contributed by atoms with Crippen LogP contribution in [0.1, 0.15) is 630 Å². The minimum absolute atomic E-state index is 0.331. The van der Waals surface area contributed by atoms with Crippen molar-refractivity contribution in [3.8, 4) is 0 Å². The standard InChI is InChI=1S/4C18H34O.4C13H26O/c4*1-4-17(2)15-13-11-9-7-5-6-8-10-12-14-16-18(3)19;3*1-5-11(2)7-6-8-12(3)9-10-13(4)14;1-5-6-7-8-11(2)12(3)9-10-13(4)14/h4*5,7,17H,4,6,8-16H2,1-3H3;4*11-12H,5-10H2,1-4H3/b3*7-5+;7-5-;;;;/t2*17-;;17-;11-,12+;11-,12-;;/m10.111../s1. The average molecular weight is 1860 g/mol. The molecule has 0 saturated carbocycles. The Hall–Kier alpha value is -3.68. The Morgan fingerprint density at radius 1 is 0.152 bits per heavy atom. The van der Waals surface area contributed by atoms with Crippen molar-refractivity contribution in [3.63, 3.8) is 0 Å². The highest BCUT2D eigenvalue weighted by atomic mass is 16.1. The molecule has 0 bridgehead atoms. The molecule has 5 unspecified atom stereocenters. The normalized spacial score (nSPS) is 13.9. The van der Waals surface area contributed by atoms with E-state index in [0.717, 1.165) is 168 Å². The fourth-order valence-electron chi connectivity index (χ4n) is 15.3. The lowest BCUT2D eigenvalue weighted by atomic mass is 9.87. The quantitative estimate of drug-likeness (QED) is 0.0434. The van der Waals surface area contributed by atoms with Gasteiger partial charge in [-0.2, -0.15) is 0 Å². The third kappa shape index (κ3) is 144. The second-order valence-electron chi connectivity index (χ2n) is 42.8. The molecular weight excluding hydrogens is 1620 g/mol. The Labute approximate surface area is 829 Å². The van der Waals surface area contributed by atoms with Crippen LogP contribution in [0.3, 0.4) is 0 Å². The summed E-state index contributed by atoms with van der Waals surface area (Å²) >= 11 is 0. The first-order chi connectivity index (χ1) is 62.9. The van der Waals surface area contributed by atoms with Gasteiger partial charge >= 0.3 is 0 Å². The minimum Gasteiger partial charge on any atom is -0.300 e. The Morgan fingerprint density at radius 2 is 0.303 bits per heavy atom. The van der Waals surface area contributed by atoms with E-state index in [4.69, 9.17) is 0 Å². The molecule has 0 aromatic carbocycles. The number of rotatable bonds is 84. The van der Waals surface area contributed by atoms with Crippen LogP contribution >= 0.6 is 0 Å². The first kappa shape index (κ1) is 144. The van der Waals surface area contributed by atoms with Gasteiger partial charge in [-0.05, 0) is 281 Å². The summed E-state index contributed by atoms with van der Waals surface area (Å²) in [4.78, 5) is 86.2. The fraction of sp³-hybridized carbons (Fsp3) is 0.871. The molecule has 0 aliphatic heterocycles. The van der Waals surface area contributed by atoms with Crippen LogP contribution in [0.4, 0.5) is 0 Å². The number of hydrogen-bond acceptors (Lipinski definition) is 8. The van der Waals surface area contributed by atoms with Crippen molar-refractivity contribution < 1.29 is 38.4 Å². The number of carbonyl (C=O) groups is 8. The van der Waals surface area contributed by atoms with Crippen LogP contribution in [-0.2, 0) is 38.4 Å². The third-order valence-corrected chi connectivity index (χ3v) is 27.7. The van der Waals surface area contributed by atoms with E-state index in [-0.39, 0.29) is 0 Å². The van der Waals surface area contributed by atoms with Gasteiger partial charge in [0.15, 0.2) is 0 Å². The molecule has 8 nitrogen and oxygen atoms in total. The van der Waals surface area contributed by atoms with Crippen molar-refractivity contribution in [1.29, 1.82) is 0 Å². The number of unbranched alkanes of at least 4 members (excludes halogenated alkanes) is 26. The van der Waals surface area contributed by atoms with E-state index in [1.165, 1.54) is 334 Å². The summed E-state index contributed by atoms with van der Waals surface area (Å²) < 4.78 is 0. The summed E-state index contributed by atoms with van der Waals surface area (Å²) in [5.74, 6) is 12.5. The summed E-state index contributed by atoms with van der Waals surface area (Å²) in [5.41, 5.74) is 0. The molecule has 8 heteroatoms. The summed E-state index contributed by atoms with van der Waals surface area (Å²) in [6.07, 6.45) is 101. The van der Waals surface area contributed by atoms with Gasteiger partial charge in [0.2, 0.25) is 0 Å². The zero-order valence-electron chi connectivity index (χ0n) is 94.9. The van der Waals surface area contributed by atoms with E-state index < -0.39 is 0 Å². The molecule has 0 saturated heterocycles. The lowest BCUT2D eigenvalue weighted by Crippen LogP contribution is -2.09. The van der Waals surface area contributed by atoms with Crippen molar-refractivity contribution in [2.75, 3.05) is 0 Å². The Kier molecular flexibility index (Phi) is 126. The molecule has 0 fully saturated rings. The molecule has 132 heavy (non-hydrogen) atoms. The molecular formula is C124H240O8. The molecule has 0 amide bonds. The fourth-order valence-corrected chi connectivity index (χ4v) is 15.3. The van der Waals surface area contributed by atoms with E-state index in [1.807, 2.05) is 0 Å². The molecule has 0 rings (SSSR count). The molecule has 0 aromatic rings. The predicted octanol–water partition coefficient (Wildman–Crippen LogP) is 41.1. The summed E-state index contributed by atoms with van der Waals surface area (Å²) in [6.45, 7) is 59.3. The number of ketones is 8. The topological polar surface area (TPSA) is 137 Å². The summed E-state index contributed by atoms with van der Waals surface area (Å²) in [6, 6.07) is 0. The first-order valence-corrected chi connectivity index (χ1v) is 57.5. The number of Topliss-reactive ketones (excluding diaryl/α,β-unsaturated/α-hetero) is 8. The average Bonchev–Trinajstić information content (AvgIpc) is 0.963. The molecule has 12 atom stereocenters. The molecule has 0 radical (unpaired) electrons. The smallest absolute Gasteiger partial charge is 0.129 e. The largest absolute Gasteiger partial charge is 0.300 e. The van der Waals surface area contributed by atoms with Gasteiger partial charge in [0.1, 0.15) is 46.3 Å². The number of carbonyl (C=O) groups excluding carboxylic acids is 8. The SMILES string of the molecule is CCC(C)CCCC(C)CCC(C)=O.CCC(C)CCCC/C=C/CCCCCCC(C)=O.CCCCCC(C)C(C)CCC(C)=O.CC[C@@H](C)CCCC/C=C/CCCCCCC(C)=O.CC[C@@H](C)CCCC/C=C\CCCCCCC(C)=O.CC[C@@H](C)CCC[C@@H](C)CCC(C)=O.CC[C@@H](C)CCC[C@H](C)CCC(C)=O.CC[C@H](C)CCCC/C=C/CCCCCCC(C)=O. The monoisotopic (exact) mass is 1860 g/mol. The maximum absolute atomic E-state index is 10.8. The Balaban J connectivity index is -0.000000223. The van der Waals surface area contributed by atoms with Gasteiger partial charge in [-0.25, -0.2) is 0 Å². The lowest BCUT2D eigenvalue weighted by Gasteiger charge is -2.19. The van der Waals surface area contributed by atoms with E-state index in [0.29, 0.717) is 52.2 Å². The van der Waals surface area contributed by atoms with Crippen LogP contribution < -0.4 is 0 Å². The van der Waals surface area contributed by atoms with Crippen molar-refractivity contribution in [1.82, 2.24) is 0 Å². The van der Waals surface area contributed by atoms with Crippen molar-refractivity contribution >= 4 is 46.3 Å². The molecule has 0 N–H and O–H groups in total. The molecule has 0 spiro atoms. The van der Waals surface area contributed by atoms with Gasteiger partial charge in [-0.3, -0.25) is 0 Å². The highest BCUT2D eigenvalue weighted by molar-refractivity contribution is 5.77. The summed E-state index contributed by atoms with van der Waals surface area (Å²) in [5, 5.41) is 0. The number of hydrogen-bond donors (Lipinski definition) is 0. The zero-order valence-corrected chi connectivity index (χ0v) is 94.9. The molecule has 0 heterocycles. The molecule has 784 valence electrons.